The second kappa shape index (κ2) is 8.32. The fourth-order valence-electron chi connectivity index (χ4n) is 2.43. The van der Waals surface area contributed by atoms with Crippen LogP contribution in [0.3, 0.4) is 0 Å². The van der Waals surface area contributed by atoms with Gasteiger partial charge < -0.3 is 15.0 Å². The van der Waals surface area contributed by atoms with E-state index in [1.54, 1.807) is 43.2 Å². The van der Waals surface area contributed by atoms with E-state index in [1.165, 1.54) is 4.90 Å². The molecule has 2 amide bonds. The van der Waals surface area contributed by atoms with Crippen LogP contribution in [-0.2, 0) is 9.59 Å². The zero-order chi connectivity index (χ0) is 18.4. The quantitative estimate of drug-likeness (QED) is 0.836. The van der Waals surface area contributed by atoms with Crippen LogP contribution in [0.25, 0.3) is 0 Å². The number of aromatic nitrogens is 2. The van der Waals surface area contributed by atoms with Crippen molar-refractivity contribution in [2.45, 2.75) is 26.8 Å². The molecule has 0 aliphatic heterocycles. The van der Waals surface area contributed by atoms with Crippen molar-refractivity contribution in [1.82, 2.24) is 14.7 Å². The van der Waals surface area contributed by atoms with Crippen LogP contribution in [0.15, 0.2) is 36.7 Å². The molecule has 134 valence electrons. The number of anilines is 1. The van der Waals surface area contributed by atoms with Crippen molar-refractivity contribution in [2.24, 2.45) is 0 Å². The number of nitrogens with zero attached hydrogens (tertiary/aromatic N) is 3. The van der Waals surface area contributed by atoms with Gasteiger partial charge in [0, 0.05) is 19.4 Å². The third kappa shape index (κ3) is 4.82. The molecule has 1 N–H and O–H groups in total. The van der Waals surface area contributed by atoms with Crippen molar-refractivity contribution in [3.05, 3.63) is 42.2 Å². The molecule has 0 fully saturated rings. The number of benzene rings is 1. The minimum absolute atomic E-state index is 0.0517. The summed E-state index contributed by atoms with van der Waals surface area (Å²) < 4.78 is 7.11. The van der Waals surface area contributed by atoms with E-state index in [0.717, 1.165) is 5.56 Å². The number of likely N-dealkylation sites (N-methyl/N-ethyl adjacent to an activating group) is 1. The molecule has 0 aliphatic carbocycles. The summed E-state index contributed by atoms with van der Waals surface area (Å²) in [6, 6.07) is 6.85. The third-order valence-corrected chi connectivity index (χ3v) is 3.75. The molecule has 0 bridgehead atoms. The first-order chi connectivity index (χ1) is 11.9. The van der Waals surface area contributed by atoms with Gasteiger partial charge in [-0.25, -0.2) is 0 Å². The van der Waals surface area contributed by atoms with E-state index in [-0.39, 0.29) is 18.4 Å². The Bertz CT molecular complexity index is 728. The summed E-state index contributed by atoms with van der Waals surface area (Å²) in [7, 11) is 1.60. The van der Waals surface area contributed by atoms with Crippen molar-refractivity contribution >= 4 is 17.5 Å². The molecular weight excluding hydrogens is 320 g/mol. The average Bonchev–Trinajstić information content (AvgIpc) is 3.10. The number of aryl methyl sites for hydroxylation is 1. The highest BCUT2D eigenvalue weighted by Gasteiger charge is 2.21. The number of carbonyl (C=O) groups is 2. The summed E-state index contributed by atoms with van der Waals surface area (Å²) in [6.07, 6.45) is 3.33. The molecule has 0 saturated heterocycles. The second-order valence-electron chi connectivity index (χ2n) is 5.84. The molecule has 2 aromatic rings. The number of ether oxygens (including phenoxy) is 1. The summed E-state index contributed by atoms with van der Waals surface area (Å²) >= 11 is 0. The molecule has 1 aromatic carbocycles. The molecular formula is C18H24N4O3. The van der Waals surface area contributed by atoms with E-state index in [4.69, 9.17) is 4.74 Å². The Hall–Kier alpha value is -2.83. The molecule has 0 radical (unpaired) electrons. The van der Waals surface area contributed by atoms with Crippen LogP contribution < -0.4 is 10.1 Å². The maximum atomic E-state index is 12.4. The molecule has 7 nitrogen and oxygen atoms in total. The first-order valence-electron chi connectivity index (χ1n) is 8.19. The Morgan fingerprint density at radius 1 is 1.40 bits per heavy atom. The topological polar surface area (TPSA) is 76.5 Å². The predicted molar refractivity (Wildman–Crippen MR) is 95.6 cm³/mol. The normalized spacial score (nSPS) is 11.7. The van der Waals surface area contributed by atoms with E-state index < -0.39 is 6.04 Å². The molecule has 1 atom stereocenters. The summed E-state index contributed by atoms with van der Waals surface area (Å²) in [5, 5.41) is 6.86. The van der Waals surface area contributed by atoms with Crippen molar-refractivity contribution in [3.63, 3.8) is 0 Å². The molecule has 0 aliphatic rings. The van der Waals surface area contributed by atoms with E-state index in [9.17, 15) is 9.59 Å². The Balaban J connectivity index is 1.99. The lowest BCUT2D eigenvalue weighted by atomic mass is 10.2. The summed E-state index contributed by atoms with van der Waals surface area (Å²) in [5.74, 6) is 0.149. The van der Waals surface area contributed by atoms with Crippen LogP contribution in [0.2, 0.25) is 0 Å². The van der Waals surface area contributed by atoms with Gasteiger partial charge >= 0.3 is 0 Å². The Kier molecular flexibility index (Phi) is 6.16. The molecule has 25 heavy (non-hydrogen) atoms. The van der Waals surface area contributed by atoms with Gasteiger partial charge in [0.25, 0.3) is 0 Å². The zero-order valence-corrected chi connectivity index (χ0v) is 15.0. The van der Waals surface area contributed by atoms with E-state index in [1.807, 2.05) is 26.0 Å². The molecule has 7 heteroatoms. The molecule has 1 unspecified atom stereocenters. The maximum absolute atomic E-state index is 12.4. The van der Waals surface area contributed by atoms with Crippen LogP contribution in [0.4, 0.5) is 5.69 Å². The van der Waals surface area contributed by atoms with Gasteiger partial charge in [0.05, 0.1) is 18.8 Å². The zero-order valence-electron chi connectivity index (χ0n) is 15.0. The monoisotopic (exact) mass is 344 g/mol. The number of hydrogen-bond acceptors (Lipinski definition) is 4. The third-order valence-electron chi connectivity index (χ3n) is 3.75. The lowest BCUT2D eigenvalue weighted by molar-refractivity contribution is -0.136. The van der Waals surface area contributed by atoms with E-state index in [2.05, 4.69) is 10.4 Å². The van der Waals surface area contributed by atoms with Crippen molar-refractivity contribution in [2.75, 3.05) is 25.5 Å². The van der Waals surface area contributed by atoms with Gasteiger partial charge in [0.15, 0.2) is 0 Å². The van der Waals surface area contributed by atoms with Gasteiger partial charge in [0.2, 0.25) is 11.8 Å². The van der Waals surface area contributed by atoms with Gasteiger partial charge in [-0.3, -0.25) is 14.3 Å². The number of hydrogen-bond donors (Lipinski definition) is 1. The lowest BCUT2D eigenvalue weighted by Gasteiger charge is -2.21. The van der Waals surface area contributed by atoms with Gasteiger partial charge in [-0.1, -0.05) is 6.07 Å². The standard InChI is InChI=1S/C18H24N4O3/c1-5-25-16-11-13(2)7-8-15(16)20-17(23)12-21(4)18(24)14(3)22-10-6-9-19-22/h6-11,14H,5,12H2,1-4H3,(H,20,23). The highest BCUT2D eigenvalue weighted by Crippen LogP contribution is 2.25. The first kappa shape index (κ1) is 18.5. The van der Waals surface area contributed by atoms with Gasteiger partial charge in [-0.2, -0.15) is 5.10 Å². The van der Waals surface area contributed by atoms with Gasteiger partial charge in [-0.15, -0.1) is 0 Å². The number of nitrogens with one attached hydrogen (secondary N) is 1. The Morgan fingerprint density at radius 3 is 2.80 bits per heavy atom. The number of carbonyl (C=O) groups excluding carboxylic acids is 2. The predicted octanol–water partition coefficient (Wildman–Crippen LogP) is 2.25. The van der Waals surface area contributed by atoms with Crippen LogP contribution in [0.5, 0.6) is 5.75 Å². The maximum Gasteiger partial charge on any atom is 0.247 e. The molecule has 2 rings (SSSR count). The van der Waals surface area contributed by atoms with Crippen molar-refractivity contribution in [3.8, 4) is 5.75 Å². The SMILES string of the molecule is CCOc1cc(C)ccc1NC(=O)CN(C)C(=O)C(C)n1cccn1. The Morgan fingerprint density at radius 2 is 2.16 bits per heavy atom. The van der Waals surface area contributed by atoms with Crippen LogP contribution >= 0.6 is 0 Å². The smallest absolute Gasteiger partial charge is 0.247 e. The molecule has 0 saturated carbocycles. The van der Waals surface area contributed by atoms with Gasteiger partial charge in [0.1, 0.15) is 11.8 Å². The Labute approximate surface area is 147 Å². The summed E-state index contributed by atoms with van der Waals surface area (Å²) in [6.45, 7) is 6.04. The van der Waals surface area contributed by atoms with Crippen LogP contribution in [0.1, 0.15) is 25.5 Å². The van der Waals surface area contributed by atoms with Gasteiger partial charge in [-0.05, 0) is 44.5 Å². The largest absolute Gasteiger partial charge is 0.492 e. The molecule has 1 heterocycles. The van der Waals surface area contributed by atoms with Crippen molar-refractivity contribution in [1.29, 1.82) is 0 Å². The van der Waals surface area contributed by atoms with Crippen LogP contribution in [0, 0.1) is 6.92 Å². The number of amides is 2. The van der Waals surface area contributed by atoms with E-state index >= 15 is 0 Å². The fourth-order valence-corrected chi connectivity index (χ4v) is 2.43. The minimum Gasteiger partial charge on any atom is -0.492 e. The fraction of sp³-hybridized carbons (Fsp3) is 0.389. The minimum atomic E-state index is -0.467. The average molecular weight is 344 g/mol. The highest BCUT2D eigenvalue weighted by atomic mass is 16.5. The summed E-state index contributed by atoms with van der Waals surface area (Å²) in [4.78, 5) is 26.1. The molecule has 1 aromatic heterocycles. The van der Waals surface area contributed by atoms with Crippen molar-refractivity contribution < 1.29 is 14.3 Å². The summed E-state index contributed by atoms with van der Waals surface area (Å²) in [5.41, 5.74) is 1.64. The highest BCUT2D eigenvalue weighted by molar-refractivity contribution is 5.96. The number of rotatable bonds is 7. The van der Waals surface area contributed by atoms with Crippen LogP contribution in [-0.4, -0.2) is 46.7 Å². The van der Waals surface area contributed by atoms with E-state index in [0.29, 0.717) is 18.0 Å². The lowest BCUT2D eigenvalue weighted by Crippen LogP contribution is -2.38. The first-order valence-corrected chi connectivity index (χ1v) is 8.19. The second-order valence-corrected chi connectivity index (χ2v) is 5.84. The molecule has 0 spiro atoms.